The zero-order valence-corrected chi connectivity index (χ0v) is 21.2. The van der Waals surface area contributed by atoms with Gasteiger partial charge in [-0.3, -0.25) is 14.7 Å². The van der Waals surface area contributed by atoms with Crippen LogP contribution in [0.25, 0.3) is 10.2 Å². The Hall–Kier alpha value is -2.37. The lowest BCUT2D eigenvalue weighted by atomic mass is 9.98. The maximum absolute atomic E-state index is 13.8. The number of hydrogen-bond acceptors (Lipinski definition) is 7. The Kier molecular flexibility index (Phi) is 6.67. The van der Waals surface area contributed by atoms with E-state index in [9.17, 15) is 13.2 Å². The Morgan fingerprint density at radius 2 is 2.09 bits per heavy atom. The van der Waals surface area contributed by atoms with Gasteiger partial charge in [-0.2, -0.15) is 4.31 Å². The number of anilines is 1. The SMILES string of the molecule is O=C(C1CCCN(S(=O)(=O)c2cccs2)C1)N(Cc1ccccn1)c1nc2ccc(Cl)cc2s1. The van der Waals surface area contributed by atoms with Crippen LogP contribution in [0.2, 0.25) is 5.02 Å². The lowest BCUT2D eigenvalue weighted by Crippen LogP contribution is -2.46. The lowest BCUT2D eigenvalue weighted by Gasteiger charge is -2.33. The number of rotatable bonds is 6. The third kappa shape index (κ3) is 4.73. The molecule has 0 radical (unpaired) electrons. The van der Waals surface area contributed by atoms with Crippen molar-refractivity contribution < 1.29 is 13.2 Å². The van der Waals surface area contributed by atoms with Gasteiger partial charge >= 0.3 is 0 Å². The van der Waals surface area contributed by atoms with E-state index in [1.165, 1.54) is 27.0 Å². The highest BCUT2D eigenvalue weighted by Gasteiger charge is 2.36. The van der Waals surface area contributed by atoms with Gasteiger partial charge in [0.2, 0.25) is 5.91 Å². The number of amides is 1. The molecule has 1 aromatic carbocycles. The number of aromatic nitrogens is 2. The van der Waals surface area contributed by atoms with Gasteiger partial charge in [0.25, 0.3) is 10.0 Å². The van der Waals surface area contributed by atoms with Gasteiger partial charge in [0.1, 0.15) is 4.21 Å². The summed E-state index contributed by atoms with van der Waals surface area (Å²) in [7, 11) is -3.62. The molecule has 1 saturated heterocycles. The van der Waals surface area contributed by atoms with Crippen molar-refractivity contribution in [1.82, 2.24) is 14.3 Å². The highest BCUT2D eigenvalue weighted by atomic mass is 35.5. The molecule has 3 aromatic heterocycles. The fourth-order valence-electron chi connectivity index (χ4n) is 4.02. The molecule has 176 valence electrons. The number of halogens is 1. The fraction of sp³-hybridized carbons (Fsp3) is 0.261. The monoisotopic (exact) mass is 532 g/mol. The third-order valence-electron chi connectivity index (χ3n) is 5.70. The van der Waals surface area contributed by atoms with Crippen LogP contribution in [0, 0.1) is 5.92 Å². The topological polar surface area (TPSA) is 83.5 Å². The summed E-state index contributed by atoms with van der Waals surface area (Å²) < 4.78 is 28.8. The van der Waals surface area contributed by atoms with E-state index >= 15 is 0 Å². The third-order valence-corrected chi connectivity index (χ3v) is 10.2. The summed E-state index contributed by atoms with van der Waals surface area (Å²) in [4.78, 5) is 24.5. The van der Waals surface area contributed by atoms with Crippen molar-refractivity contribution in [2.24, 2.45) is 5.92 Å². The molecule has 1 aliphatic rings. The Bertz CT molecular complexity index is 1410. The zero-order chi connectivity index (χ0) is 23.7. The molecule has 4 aromatic rings. The molecule has 1 atom stereocenters. The first-order chi connectivity index (χ1) is 16.4. The number of carbonyl (C=O) groups excluding carboxylic acids is 1. The minimum absolute atomic E-state index is 0.147. The van der Waals surface area contributed by atoms with Crippen LogP contribution in [0.5, 0.6) is 0 Å². The maximum atomic E-state index is 13.8. The first kappa shape index (κ1) is 23.4. The average Bonchev–Trinajstić information content (AvgIpc) is 3.53. The second-order valence-corrected chi connectivity index (χ2v) is 12.5. The molecule has 34 heavy (non-hydrogen) atoms. The summed E-state index contributed by atoms with van der Waals surface area (Å²) in [5.41, 5.74) is 1.49. The maximum Gasteiger partial charge on any atom is 0.252 e. The second kappa shape index (κ2) is 9.71. The normalized spacial score (nSPS) is 17.1. The van der Waals surface area contributed by atoms with Crippen LogP contribution in [0.4, 0.5) is 5.13 Å². The number of benzene rings is 1. The number of thiophene rings is 1. The molecule has 0 bridgehead atoms. The molecular weight excluding hydrogens is 512 g/mol. The molecule has 5 rings (SSSR count). The predicted octanol–water partition coefficient (Wildman–Crippen LogP) is 5.04. The van der Waals surface area contributed by atoms with Crippen molar-refractivity contribution in [3.63, 3.8) is 0 Å². The summed E-state index contributed by atoms with van der Waals surface area (Å²) in [5, 5.41) is 2.89. The average molecular weight is 533 g/mol. The van der Waals surface area contributed by atoms with Crippen molar-refractivity contribution in [2.75, 3.05) is 18.0 Å². The number of nitrogens with zero attached hydrogens (tertiary/aromatic N) is 4. The quantitative estimate of drug-likeness (QED) is 0.347. The van der Waals surface area contributed by atoms with E-state index in [1.54, 1.807) is 34.7 Å². The Labute approximate surface area is 210 Å². The van der Waals surface area contributed by atoms with Gasteiger partial charge in [-0.05, 0) is 54.6 Å². The van der Waals surface area contributed by atoms with E-state index in [2.05, 4.69) is 9.97 Å². The molecule has 1 amide bonds. The number of thiazole rings is 1. The molecule has 0 spiro atoms. The van der Waals surface area contributed by atoms with Crippen LogP contribution in [0.1, 0.15) is 18.5 Å². The standard InChI is InChI=1S/C23H21ClN4O3S3/c24-17-8-9-19-20(13-17)33-23(26-19)28(15-18-6-1-2-10-25-18)22(29)16-5-3-11-27(14-16)34(30,31)21-7-4-12-32-21/h1-2,4,6-10,12-13,16H,3,5,11,14-15H2. The number of hydrogen-bond donors (Lipinski definition) is 0. The minimum atomic E-state index is -3.62. The number of fused-ring (bicyclic) bond motifs is 1. The molecule has 7 nitrogen and oxygen atoms in total. The molecule has 1 fully saturated rings. The molecule has 0 N–H and O–H groups in total. The molecule has 0 aliphatic carbocycles. The minimum Gasteiger partial charge on any atom is -0.282 e. The molecule has 1 aliphatic heterocycles. The summed E-state index contributed by atoms with van der Waals surface area (Å²) in [5.74, 6) is -0.621. The van der Waals surface area contributed by atoms with Crippen molar-refractivity contribution >= 4 is 65.6 Å². The van der Waals surface area contributed by atoms with Crippen LogP contribution in [-0.4, -0.2) is 41.7 Å². The van der Waals surface area contributed by atoms with Crippen LogP contribution < -0.4 is 4.90 Å². The van der Waals surface area contributed by atoms with E-state index in [-0.39, 0.29) is 19.0 Å². The number of piperidine rings is 1. The van der Waals surface area contributed by atoms with Gasteiger partial charge < -0.3 is 0 Å². The first-order valence-corrected chi connectivity index (χ1v) is 14.2. The summed E-state index contributed by atoms with van der Waals surface area (Å²) >= 11 is 8.73. The largest absolute Gasteiger partial charge is 0.282 e. The van der Waals surface area contributed by atoms with E-state index in [0.29, 0.717) is 33.7 Å². The van der Waals surface area contributed by atoms with E-state index in [1.807, 2.05) is 30.3 Å². The van der Waals surface area contributed by atoms with Crippen LogP contribution in [0.15, 0.2) is 64.3 Å². The number of pyridine rings is 1. The predicted molar refractivity (Wildman–Crippen MR) is 136 cm³/mol. The molecule has 0 saturated carbocycles. The Morgan fingerprint density at radius 1 is 1.21 bits per heavy atom. The smallest absolute Gasteiger partial charge is 0.252 e. The zero-order valence-electron chi connectivity index (χ0n) is 18.0. The lowest BCUT2D eigenvalue weighted by molar-refractivity contribution is -0.123. The van der Waals surface area contributed by atoms with Gasteiger partial charge in [0, 0.05) is 24.3 Å². The van der Waals surface area contributed by atoms with Crippen molar-refractivity contribution in [2.45, 2.75) is 23.6 Å². The van der Waals surface area contributed by atoms with E-state index < -0.39 is 15.9 Å². The van der Waals surface area contributed by atoms with E-state index in [4.69, 9.17) is 11.6 Å². The van der Waals surface area contributed by atoms with Gasteiger partial charge in [-0.15, -0.1) is 11.3 Å². The van der Waals surface area contributed by atoms with Gasteiger partial charge in [-0.1, -0.05) is 35.1 Å². The van der Waals surface area contributed by atoms with Crippen LogP contribution >= 0.6 is 34.3 Å². The van der Waals surface area contributed by atoms with Crippen molar-refractivity contribution in [3.8, 4) is 0 Å². The Balaban J connectivity index is 1.46. The fourth-order valence-corrected chi connectivity index (χ4v) is 7.93. The number of sulfonamides is 1. The molecular formula is C23H21ClN4O3S3. The summed E-state index contributed by atoms with van der Waals surface area (Å²) in [6.07, 6.45) is 2.92. The van der Waals surface area contributed by atoms with E-state index in [0.717, 1.165) is 15.9 Å². The first-order valence-electron chi connectivity index (χ1n) is 10.7. The highest BCUT2D eigenvalue weighted by molar-refractivity contribution is 7.91. The summed E-state index contributed by atoms with van der Waals surface area (Å²) in [6.45, 7) is 0.805. The molecule has 1 unspecified atom stereocenters. The second-order valence-electron chi connectivity index (χ2n) is 7.99. The van der Waals surface area contributed by atoms with Crippen LogP contribution in [0.3, 0.4) is 0 Å². The summed E-state index contributed by atoms with van der Waals surface area (Å²) in [6, 6.07) is 14.3. The van der Waals surface area contributed by atoms with Crippen molar-refractivity contribution in [3.05, 3.63) is 70.8 Å². The van der Waals surface area contributed by atoms with Gasteiger partial charge in [0.15, 0.2) is 5.13 Å². The molecule has 11 heteroatoms. The van der Waals surface area contributed by atoms with Gasteiger partial charge in [0.05, 0.1) is 28.4 Å². The molecule has 4 heterocycles. The van der Waals surface area contributed by atoms with Gasteiger partial charge in [-0.25, -0.2) is 13.4 Å². The Morgan fingerprint density at radius 3 is 2.85 bits per heavy atom. The number of carbonyl (C=O) groups is 1. The van der Waals surface area contributed by atoms with Crippen LogP contribution in [-0.2, 0) is 21.4 Å². The van der Waals surface area contributed by atoms with Crippen molar-refractivity contribution in [1.29, 1.82) is 0 Å². The highest BCUT2D eigenvalue weighted by Crippen LogP contribution is 2.34.